The summed E-state index contributed by atoms with van der Waals surface area (Å²) in [5, 5.41) is 11.3. The van der Waals surface area contributed by atoms with Gasteiger partial charge in [-0.15, -0.1) is 0 Å². The second-order valence-corrected chi connectivity index (χ2v) is 11.5. The van der Waals surface area contributed by atoms with Crippen molar-refractivity contribution in [3.8, 4) is 17.2 Å². The number of H-pyrrole nitrogens is 1. The molecule has 0 aliphatic carbocycles. The van der Waals surface area contributed by atoms with Gasteiger partial charge in [0, 0.05) is 36.7 Å². The number of thioether (sulfide) groups is 1. The van der Waals surface area contributed by atoms with Crippen molar-refractivity contribution in [2.24, 2.45) is 4.99 Å². The first-order chi connectivity index (χ1) is 16.3. The highest BCUT2D eigenvalue weighted by Gasteiger charge is 2.22. The Morgan fingerprint density at radius 2 is 1.97 bits per heavy atom. The number of hydrogen-bond donors (Lipinski definition) is 2. The van der Waals surface area contributed by atoms with E-state index in [1.165, 1.54) is 18.4 Å². The molecule has 34 heavy (non-hydrogen) atoms. The number of aromatic amines is 1. The van der Waals surface area contributed by atoms with Gasteiger partial charge in [0.05, 0.1) is 28.8 Å². The van der Waals surface area contributed by atoms with Gasteiger partial charge in [0.15, 0.2) is 9.84 Å². The minimum Gasteiger partial charge on any atom is -0.489 e. The summed E-state index contributed by atoms with van der Waals surface area (Å²) >= 11 is 1.66. The summed E-state index contributed by atoms with van der Waals surface area (Å²) < 4.78 is 40.8. The fourth-order valence-corrected chi connectivity index (χ4v) is 5.20. The SMILES string of the molecule is COC(C)COc1cc(Oc2ccc(S(C)(=O)=O)cc2)cc2cc(C3=NCC(CCO)S3)[nH]c12. The Labute approximate surface area is 203 Å². The molecule has 1 aliphatic rings. The summed E-state index contributed by atoms with van der Waals surface area (Å²) in [6.07, 6.45) is 1.79. The van der Waals surface area contributed by atoms with Crippen LogP contribution in [0.2, 0.25) is 0 Å². The molecule has 182 valence electrons. The first kappa shape index (κ1) is 24.6. The van der Waals surface area contributed by atoms with Crippen molar-refractivity contribution in [3.05, 3.63) is 48.2 Å². The third-order valence-electron chi connectivity index (χ3n) is 5.43. The molecule has 0 saturated carbocycles. The largest absolute Gasteiger partial charge is 0.489 e. The van der Waals surface area contributed by atoms with Crippen LogP contribution in [0.3, 0.4) is 0 Å². The fourth-order valence-electron chi connectivity index (χ4n) is 3.50. The molecular weight excluding hydrogens is 476 g/mol. The number of methoxy groups -OCH3 is 1. The number of aliphatic hydroxyl groups excluding tert-OH is 1. The molecule has 2 aromatic carbocycles. The van der Waals surface area contributed by atoms with E-state index in [0.29, 0.717) is 36.8 Å². The predicted octanol–water partition coefficient (Wildman–Crippen LogP) is 4.02. The van der Waals surface area contributed by atoms with E-state index in [-0.39, 0.29) is 22.9 Å². The minimum atomic E-state index is -3.28. The zero-order chi connectivity index (χ0) is 24.3. The first-order valence-corrected chi connectivity index (χ1v) is 13.7. The van der Waals surface area contributed by atoms with Crippen LogP contribution >= 0.6 is 11.8 Å². The van der Waals surface area contributed by atoms with Crippen molar-refractivity contribution in [2.45, 2.75) is 29.6 Å². The zero-order valence-electron chi connectivity index (χ0n) is 19.3. The molecule has 2 unspecified atom stereocenters. The molecule has 0 amide bonds. The van der Waals surface area contributed by atoms with Gasteiger partial charge in [-0.1, -0.05) is 11.8 Å². The van der Waals surface area contributed by atoms with Crippen LogP contribution in [0.15, 0.2) is 52.4 Å². The molecule has 0 bridgehead atoms. The summed E-state index contributed by atoms with van der Waals surface area (Å²) in [4.78, 5) is 8.29. The van der Waals surface area contributed by atoms with Gasteiger partial charge in [-0.25, -0.2) is 8.42 Å². The number of hydrogen-bond acceptors (Lipinski definition) is 8. The number of ether oxygens (including phenoxy) is 3. The number of nitrogens with one attached hydrogen (secondary N) is 1. The molecule has 1 aromatic heterocycles. The van der Waals surface area contributed by atoms with Gasteiger partial charge in [-0.2, -0.15) is 0 Å². The van der Waals surface area contributed by atoms with Gasteiger partial charge in [0.2, 0.25) is 0 Å². The number of aliphatic imine (C=N–C) groups is 1. The lowest BCUT2D eigenvalue weighted by molar-refractivity contribution is 0.0721. The summed E-state index contributed by atoms with van der Waals surface area (Å²) in [6, 6.07) is 12.0. The van der Waals surface area contributed by atoms with Gasteiger partial charge in [0.1, 0.15) is 28.9 Å². The van der Waals surface area contributed by atoms with Crippen molar-refractivity contribution < 1.29 is 27.7 Å². The summed E-state index contributed by atoms with van der Waals surface area (Å²) in [5.41, 5.74) is 1.71. The van der Waals surface area contributed by atoms with E-state index in [9.17, 15) is 13.5 Å². The van der Waals surface area contributed by atoms with Crippen LogP contribution in [0.1, 0.15) is 19.0 Å². The van der Waals surface area contributed by atoms with Crippen LogP contribution in [0, 0.1) is 0 Å². The number of nitrogens with zero attached hydrogens (tertiary/aromatic N) is 1. The molecule has 4 rings (SSSR count). The average molecular weight is 505 g/mol. The fraction of sp³-hybridized carbons (Fsp3) is 0.375. The molecule has 2 N–H and O–H groups in total. The molecule has 2 atom stereocenters. The molecule has 0 fully saturated rings. The molecule has 3 aromatic rings. The molecule has 0 radical (unpaired) electrons. The van der Waals surface area contributed by atoms with Crippen molar-refractivity contribution >= 4 is 37.5 Å². The Balaban J connectivity index is 1.64. The van der Waals surface area contributed by atoms with Gasteiger partial charge in [-0.3, -0.25) is 4.99 Å². The van der Waals surface area contributed by atoms with E-state index in [1.54, 1.807) is 37.1 Å². The molecular formula is C24H28N2O6S2. The van der Waals surface area contributed by atoms with Gasteiger partial charge in [0.25, 0.3) is 0 Å². The lowest BCUT2D eigenvalue weighted by atomic mass is 10.2. The minimum absolute atomic E-state index is 0.0911. The van der Waals surface area contributed by atoms with Gasteiger partial charge >= 0.3 is 0 Å². The zero-order valence-corrected chi connectivity index (χ0v) is 20.9. The lowest BCUT2D eigenvalue weighted by Gasteiger charge is -2.14. The monoisotopic (exact) mass is 504 g/mol. The Bertz CT molecular complexity index is 1280. The van der Waals surface area contributed by atoms with Crippen LogP contribution in [0.5, 0.6) is 17.2 Å². The third-order valence-corrected chi connectivity index (χ3v) is 7.85. The molecule has 0 saturated heterocycles. The average Bonchev–Trinajstić information content (AvgIpc) is 3.44. The lowest BCUT2D eigenvalue weighted by Crippen LogP contribution is -2.16. The van der Waals surface area contributed by atoms with Crippen LogP contribution in [-0.2, 0) is 14.6 Å². The van der Waals surface area contributed by atoms with Crippen molar-refractivity contribution in [3.63, 3.8) is 0 Å². The van der Waals surface area contributed by atoms with E-state index < -0.39 is 9.84 Å². The summed E-state index contributed by atoms with van der Waals surface area (Å²) in [7, 11) is -1.64. The number of rotatable bonds is 10. The molecule has 2 heterocycles. The Kier molecular flexibility index (Phi) is 7.51. The van der Waals surface area contributed by atoms with Crippen LogP contribution < -0.4 is 9.47 Å². The van der Waals surface area contributed by atoms with E-state index >= 15 is 0 Å². The number of aliphatic hydroxyl groups is 1. The third kappa shape index (κ3) is 5.75. The number of sulfone groups is 1. The maximum atomic E-state index is 11.7. The van der Waals surface area contributed by atoms with Crippen molar-refractivity contribution in [1.82, 2.24) is 4.98 Å². The van der Waals surface area contributed by atoms with Crippen molar-refractivity contribution in [2.75, 3.05) is 33.1 Å². The first-order valence-electron chi connectivity index (χ1n) is 10.9. The van der Waals surface area contributed by atoms with Crippen LogP contribution in [-0.4, -0.2) is 68.0 Å². The van der Waals surface area contributed by atoms with Crippen LogP contribution in [0.25, 0.3) is 10.9 Å². The quantitative estimate of drug-likeness (QED) is 0.429. The smallest absolute Gasteiger partial charge is 0.175 e. The number of aromatic nitrogens is 1. The molecule has 1 aliphatic heterocycles. The predicted molar refractivity (Wildman–Crippen MR) is 134 cm³/mol. The maximum absolute atomic E-state index is 11.7. The summed E-state index contributed by atoms with van der Waals surface area (Å²) in [6.45, 7) is 3.12. The van der Waals surface area contributed by atoms with E-state index in [1.807, 2.05) is 19.1 Å². The topological polar surface area (TPSA) is 110 Å². The second kappa shape index (κ2) is 10.4. The van der Waals surface area contributed by atoms with Gasteiger partial charge < -0.3 is 24.3 Å². The molecule has 8 nitrogen and oxygen atoms in total. The normalized spacial score (nSPS) is 17.1. The standard InChI is InChI=1S/C24H28N2O6S2/c1-15(30-2)14-31-22-12-18(32-17-4-6-20(7-5-17)34(3,28)29)10-16-11-21(26-23(16)22)24-25-13-19(33-24)8-9-27/h4-7,10-12,15,19,26-27H,8-9,13-14H2,1-3H3. The van der Waals surface area contributed by atoms with Crippen LogP contribution in [0.4, 0.5) is 0 Å². The molecule has 0 spiro atoms. The number of benzene rings is 2. The number of fused-ring (bicyclic) bond motifs is 1. The van der Waals surface area contributed by atoms with Crippen molar-refractivity contribution in [1.29, 1.82) is 0 Å². The van der Waals surface area contributed by atoms with E-state index in [2.05, 4.69) is 9.98 Å². The highest BCUT2D eigenvalue weighted by molar-refractivity contribution is 8.15. The van der Waals surface area contributed by atoms with E-state index in [4.69, 9.17) is 14.2 Å². The second-order valence-electron chi connectivity index (χ2n) is 8.17. The highest BCUT2D eigenvalue weighted by Crippen LogP contribution is 2.36. The van der Waals surface area contributed by atoms with Gasteiger partial charge in [-0.05, 0) is 49.7 Å². The summed E-state index contributed by atoms with van der Waals surface area (Å²) in [5.74, 6) is 1.69. The van der Waals surface area contributed by atoms with E-state index in [0.717, 1.165) is 21.6 Å². The highest BCUT2D eigenvalue weighted by atomic mass is 32.2. The Morgan fingerprint density at radius 1 is 1.21 bits per heavy atom. The Morgan fingerprint density at radius 3 is 2.65 bits per heavy atom. The maximum Gasteiger partial charge on any atom is 0.175 e. The molecule has 10 heteroatoms. The Hall–Kier alpha value is -2.53.